The Kier molecular flexibility index (Phi) is 3.15. The topological polar surface area (TPSA) is 34.9 Å². The van der Waals surface area contributed by atoms with Crippen molar-refractivity contribution in [2.45, 2.75) is 31.1 Å². The molecule has 4 heteroatoms. The molecule has 0 N–H and O–H groups in total. The van der Waals surface area contributed by atoms with Crippen molar-refractivity contribution in [3.63, 3.8) is 0 Å². The van der Waals surface area contributed by atoms with Crippen LogP contribution >= 0.6 is 11.6 Å². The maximum Gasteiger partial charge on any atom is 0.242 e. The van der Waals surface area contributed by atoms with Gasteiger partial charge in [-0.2, -0.15) is 0 Å². The summed E-state index contributed by atoms with van der Waals surface area (Å²) in [7, 11) is 0. The smallest absolute Gasteiger partial charge is 0.242 e. The number of nitrogens with zero attached hydrogens (tertiary/aromatic N) is 2. The molecule has 0 spiro atoms. The summed E-state index contributed by atoms with van der Waals surface area (Å²) < 4.78 is 1.58. The first-order chi connectivity index (χ1) is 9.24. The highest BCUT2D eigenvalue weighted by Crippen LogP contribution is 2.44. The van der Waals surface area contributed by atoms with Crippen LogP contribution in [-0.4, -0.2) is 15.5 Å². The summed E-state index contributed by atoms with van der Waals surface area (Å²) in [6.07, 6.45) is 8.74. The predicted molar refractivity (Wildman–Crippen MR) is 74.5 cm³/mol. The second kappa shape index (κ2) is 4.82. The summed E-state index contributed by atoms with van der Waals surface area (Å²) in [6, 6.07) is 7.68. The number of rotatable bonds is 2. The van der Waals surface area contributed by atoms with Gasteiger partial charge in [0.2, 0.25) is 5.91 Å². The van der Waals surface area contributed by atoms with Crippen LogP contribution < -0.4 is 0 Å². The number of carbonyl (C=O) groups is 1. The minimum Gasteiger partial charge on any atom is -0.276 e. The number of halogens is 1. The van der Waals surface area contributed by atoms with Crippen LogP contribution in [0.25, 0.3) is 0 Å². The maximum absolute atomic E-state index is 12.8. The molecule has 0 aliphatic heterocycles. The van der Waals surface area contributed by atoms with Gasteiger partial charge in [0.05, 0.1) is 5.41 Å². The summed E-state index contributed by atoms with van der Waals surface area (Å²) in [6.45, 7) is 0. The fourth-order valence-corrected chi connectivity index (χ4v) is 3.37. The van der Waals surface area contributed by atoms with E-state index >= 15 is 0 Å². The van der Waals surface area contributed by atoms with Gasteiger partial charge in [-0.15, -0.1) is 0 Å². The minimum absolute atomic E-state index is 0.0793. The summed E-state index contributed by atoms with van der Waals surface area (Å²) in [5.41, 5.74) is 0.465. The molecule has 1 aliphatic carbocycles. The fraction of sp³-hybridized carbons (Fsp3) is 0.333. The van der Waals surface area contributed by atoms with Crippen molar-refractivity contribution in [2.24, 2.45) is 0 Å². The third-order valence-electron chi connectivity index (χ3n) is 3.99. The lowest BCUT2D eigenvalue weighted by atomic mass is 9.78. The second-order valence-corrected chi connectivity index (χ2v) is 5.45. The summed E-state index contributed by atoms with van der Waals surface area (Å²) in [5, 5.41) is 0.679. The molecule has 0 bridgehead atoms. The Hall–Kier alpha value is -1.61. The van der Waals surface area contributed by atoms with Crippen LogP contribution in [-0.2, 0) is 5.41 Å². The highest BCUT2D eigenvalue weighted by Gasteiger charge is 2.44. The standard InChI is InChI=1S/C15H15ClN2O/c16-13-6-2-1-5-12(13)15(7-3-4-8-15)14(19)18-10-9-17-11-18/h1-2,5-6,9-11H,3-4,7-8H2. The molecular weight excluding hydrogens is 260 g/mol. The molecular formula is C15H15ClN2O. The Morgan fingerprint density at radius 3 is 2.63 bits per heavy atom. The molecule has 0 saturated heterocycles. The molecule has 1 saturated carbocycles. The zero-order valence-corrected chi connectivity index (χ0v) is 11.3. The summed E-state index contributed by atoms with van der Waals surface area (Å²) >= 11 is 6.32. The van der Waals surface area contributed by atoms with Gasteiger partial charge >= 0.3 is 0 Å². The number of imidazole rings is 1. The number of carbonyl (C=O) groups excluding carboxylic acids is 1. The number of hydrogen-bond donors (Lipinski definition) is 0. The maximum atomic E-state index is 12.8. The molecule has 1 fully saturated rings. The Balaban J connectivity index is 2.10. The van der Waals surface area contributed by atoms with Crippen molar-refractivity contribution in [3.05, 3.63) is 53.6 Å². The van der Waals surface area contributed by atoms with Gasteiger partial charge in [-0.3, -0.25) is 9.36 Å². The van der Waals surface area contributed by atoms with Crippen LogP contribution in [0.15, 0.2) is 43.0 Å². The van der Waals surface area contributed by atoms with Crippen molar-refractivity contribution < 1.29 is 4.79 Å². The van der Waals surface area contributed by atoms with Crippen molar-refractivity contribution in [2.75, 3.05) is 0 Å². The first-order valence-electron chi connectivity index (χ1n) is 6.52. The van der Waals surface area contributed by atoms with Gasteiger partial charge in [-0.1, -0.05) is 42.6 Å². The summed E-state index contributed by atoms with van der Waals surface area (Å²) in [4.78, 5) is 16.8. The quantitative estimate of drug-likeness (QED) is 0.837. The highest BCUT2D eigenvalue weighted by molar-refractivity contribution is 6.31. The van der Waals surface area contributed by atoms with Crippen LogP contribution in [0.5, 0.6) is 0 Å². The SMILES string of the molecule is O=C(n1ccnc1)C1(c2ccccc2Cl)CCCC1. The first kappa shape index (κ1) is 12.4. The Morgan fingerprint density at radius 1 is 1.26 bits per heavy atom. The normalized spacial score (nSPS) is 17.5. The highest BCUT2D eigenvalue weighted by atomic mass is 35.5. The minimum atomic E-state index is -0.487. The molecule has 0 atom stereocenters. The van der Waals surface area contributed by atoms with Crippen molar-refractivity contribution >= 4 is 17.5 Å². The Morgan fingerprint density at radius 2 is 2.00 bits per heavy atom. The molecule has 0 unspecified atom stereocenters. The molecule has 1 aromatic carbocycles. The van der Waals surface area contributed by atoms with Gasteiger partial charge in [0.25, 0.3) is 0 Å². The van der Waals surface area contributed by atoms with E-state index in [9.17, 15) is 4.79 Å². The predicted octanol–water partition coefficient (Wildman–Crippen LogP) is 3.69. The van der Waals surface area contributed by atoms with Crippen molar-refractivity contribution in [1.82, 2.24) is 9.55 Å². The number of benzene rings is 1. The Bertz CT molecular complexity index is 586. The zero-order valence-electron chi connectivity index (χ0n) is 10.6. The van der Waals surface area contributed by atoms with E-state index in [1.165, 1.54) is 0 Å². The van der Waals surface area contributed by atoms with Crippen LogP contribution in [0, 0.1) is 0 Å². The molecule has 0 radical (unpaired) electrons. The fourth-order valence-electron chi connectivity index (χ4n) is 3.05. The van der Waals surface area contributed by atoms with Crippen LogP contribution in [0.4, 0.5) is 0 Å². The number of hydrogen-bond acceptors (Lipinski definition) is 2. The molecule has 19 heavy (non-hydrogen) atoms. The van der Waals surface area contributed by atoms with E-state index in [4.69, 9.17) is 11.6 Å². The number of aromatic nitrogens is 2. The first-order valence-corrected chi connectivity index (χ1v) is 6.90. The van der Waals surface area contributed by atoms with Gasteiger partial charge < -0.3 is 0 Å². The van der Waals surface area contributed by atoms with Crippen LogP contribution in [0.3, 0.4) is 0 Å². The lowest BCUT2D eigenvalue weighted by Gasteiger charge is -2.28. The van der Waals surface area contributed by atoms with E-state index in [0.717, 1.165) is 31.2 Å². The average molecular weight is 275 g/mol. The van der Waals surface area contributed by atoms with Gasteiger partial charge in [0.1, 0.15) is 6.33 Å². The van der Waals surface area contributed by atoms with Crippen LogP contribution in [0.1, 0.15) is 36.0 Å². The van der Waals surface area contributed by atoms with Gasteiger partial charge in [-0.25, -0.2) is 4.98 Å². The summed E-state index contributed by atoms with van der Waals surface area (Å²) in [5.74, 6) is 0.0793. The monoisotopic (exact) mass is 274 g/mol. The van der Waals surface area contributed by atoms with E-state index in [-0.39, 0.29) is 5.91 Å². The van der Waals surface area contributed by atoms with Gasteiger partial charge in [0.15, 0.2) is 0 Å². The van der Waals surface area contributed by atoms with E-state index < -0.39 is 5.41 Å². The Labute approximate surface area is 117 Å². The molecule has 1 heterocycles. The molecule has 3 rings (SSSR count). The lowest BCUT2D eigenvalue weighted by molar-refractivity contribution is 0.0797. The van der Waals surface area contributed by atoms with Gasteiger partial charge in [-0.05, 0) is 24.5 Å². The van der Waals surface area contributed by atoms with Crippen LogP contribution in [0.2, 0.25) is 5.02 Å². The zero-order chi connectivity index (χ0) is 13.3. The van der Waals surface area contributed by atoms with E-state index in [1.54, 1.807) is 23.3 Å². The molecule has 2 aromatic rings. The molecule has 1 aromatic heterocycles. The molecule has 1 aliphatic rings. The van der Waals surface area contributed by atoms with E-state index in [2.05, 4.69) is 4.98 Å². The average Bonchev–Trinajstić information content (AvgIpc) is 3.11. The van der Waals surface area contributed by atoms with E-state index in [1.807, 2.05) is 24.3 Å². The van der Waals surface area contributed by atoms with Crippen molar-refractivity contribution in [1.29, 1.82) is 0 Å². The molecule has 98 valence electrons. The van der Waals surface area contributed by atoms with Crippen molar-refractivity contribution in [3.8, 4) is 0 Å². The molecule has 0 amide bonds. The van der Waals surface area contributed by atoms with E-state index in [0.29, 0.717) is 5.02 Å². The lowest BCUT2D eigenvalue weighted by Crippen LogP contribution is -2.36. The second-order valence-electron chi connectivity index (χ2n) is 5.04. The molecule has 3 nitrogen and oxygen atoms in total. The third kappa shape index (κ3) is 1.98. The van der Waals surface area contributed by atoms with Gasteiger partial charge in [0, 0.05) is 17.4 Å². The third-order valence-corrected chi connectivity index (χ3v) is 4.32. The largest absolute Gasteiger partial charge is 0.276 e.